The topological polar surface area (TPSA) is 0 Å². The van der Waals surface area contributed by atoms with Gasteiger partial charge in [-0.15, -0.1) is 11.8 Å². The summed E-state index contributed by atoms with van der Waals surface area (Å²) in [6.45, 7) is 0. The maximum Gasteiger partial charge on any atom is 0.403 e. The lowest BCUT2D eigenvalue weighted by Crippen LogP contribution is -2.26. The van der Waals surface area contributed by atoms with E-state index < -0.39 is 10.9 Å². The summed E-state index contributed by atoms with van der Waals surface area (Å²) in [6, 6.07) is 0. The van der Waals surface area contributed by atoms with Gasteiger partial charge in [-0.25, -0.2) is 0 Å². The zero-order valence-electron chi connectivity index (χ0n) is 4.96. The minimum Gasteiger partial charge on any atom is -0.169 e. The number of thioether (sulfide) groups is 1. The Balaban J connectivity index is 2.60. The Kier molecular flexibility index (Phi) is 1.46. The molecular formula is C5H7F3S. The van der Waals surface area contributed by atoms with Crippen LogP contribution in [0, 0.1) is 0 Å². The van der Waals surface area contributed by atoms with E-state index in [4.69, 9.17) is 0 Å². The quantitative estimate of drug-likeness (QED) is 0.562. The van der Waals surface area contributed by atoms with E-state index in [0.717, 1.165) is 11.8 Å². The average molecular weight is 156 g/mol. The summed E-state index contributed by atoms with van der Waals surface area (Å²) in [4.78, 5) is 0. The van der Waals surface area contributed by atoms with Crippen molar-refractivity contribution in [3.63, 3.8) is 0 Å². The molecule has 0 saturated heterocycles. The highest BCUT2D eigenvalue weighted by Gasteiger charge is 2.62. The molecule has 0 spiro atoms. The number of hydrogen-bond donors (Lipinski definition) is 0. The van der Waals surface area contributed by atoms with Crippen LogP contribution in [0.4, 0.5) is 13.2 Å². The van der Waals surface area contributed by atoms with E-state index in [-0.39, 0.29) is 0 Å². The lowest BCUT2D eigenvalue weighted by atomic mass is 10.4. The van der Waals surface area contributed by atoms with Crippen molar-refractivity contribution in [2.45, 2.75) is 23.8 Å². The van der Waals surface area contributed by atoms with Crippen LogP contribution >= 0.6 is 11.8 Å². The van der Waals surface area contributed by atoms with Gasteiger partial charge in [-0.3, -0.25) is 0 Å². The van der Waals surface area contributed by atoms with Crippen LogP contribution in [0.3, 0.4) is 0 Å². The first-order valence-electron chi connectivity index (χ1n) is 2.64. The van der Waals surface area contributed by atoms with Gasteiger partial charge in [0.1, 0.15) is 4.75 Å². The minimum atomic E-state index is -3.98. The molecule has 1 fully saturated rings. The third kappa shape index (κ3) is 1.04. The molecule has 0 radical (unpaired) electrons. The highest BCUT2D eigenvalue weighted by atomic mass is 32.2. The van der Waals surface area contributed by atoms with Gasteiger partial charge in [0.05, 0.1) is 0 Å². The average Bonchev–Trinajstić information content (AvgIpc) is 2.40. The smallest absolute Gasteiger partial charge is 0.169 e. The zero-order valence-corrected chi connectivity index (χ0v) is 5.77. The Morgan fingerprint density at radius 1 is 1.33 bits per heavy atom. The van der Waals surface area contributed by atoms with E-state index in [0.29, 0.717) is 12.8 Å². The Morgan fingerprint density at radius 3 is 1.78 bits per heavy atom. The van der Waals surface area contributed by atoms with Crippen LogP contribution in [0.5, 0.6) is 0 Å². The number of hydrogen-bond acceptors (Lipinski definition) is 1. The van der Waals surface area contributed by atoms with Crippen molar-refractivity contribution in [3.05, 3.63) is 0 Å². The Bertz CT molecular complexity index is 114. The highest BCUT2D eigenvalue weighted by molar-refractivity contribution is 8.00. The van der Waals surface area contributed by atoms with E-state index in [1.54, 1.807) is 0 Å². The molecular weight excluding hydrogens is 149 g/mol. The fourth-order valence-electron chi connectivity index (χ4n) is 0.717. The third-order valence-electron chi connectivity index (χ3n) is 1.61. The molecule has 0 nitrogen and oxygen atoms in total. The number of alkyl halides is 3. The molecule has 1 saturated carbocycles. The molecule has 0 aliphatic heterocycles. The second-order valence-electron chi connectivity index (χ2n) is 2.20. The van der Waals surface area contributed by atoms with Crippen molar-refractivity contribution in [2.24, 2.45) is 0 Å². The SMILES string of the molecule is CSC1(C(F)(F)F)CC1. The van der Waals surface area contributed by atoms with Crippen LogP contribution in [0.15, 0.2) is 0 Å². The summed E-state index contributed by atoms with van der Waals surface area (Å²) in [5.74, 6) is 0. The predicted molar refractivity (Wildman–Crippen MR) is 31.5 cm³/mol. The van der Waals surface area contributed by atoms with Gasteiger partial charge in [0, 0.05) is 0 Å². The van der Waals surface area contributed by atoms with Gasteiger partial charge >= 0.3 is 6.18 Å². The molecule has 1 aliphatic carbocycles. The first-order valence-corrected chi connectivity index (χ1v) is 3.86. The summed E-state index contributed by atoms with van der Waals surface area (Å²) >= 11 is 0.920. The maximum absolute atomic E-state index is 11.9. The molecule has 0 unspecified atom stereocenters. The maximum atomic E-state index is 11.9. The van der Waals surface area contributed by atoms with E-state index in [9.17, 15) is 13.2 Å². The van der Waals surface area contributed by atoms with Gasteiger partial charge < -0.3 is 0 Å². The van der Waals surface area contributed by atoms with Crippen molar-refractivity contribution >= 4 is 11.8 Å². The summed E-state index contributed by atoms with van der Waals surface area (Å²) < 4.78 is 34.3. The first kappa shape index (κ1) is 7.25. The molecule has 9 heavy (non-hydrogen) atoms. The highest BCUT2D eigenvalue weighted by Crippen LogP contribution is 2.57. The molecule has 4 heteroatoms. The van der Waals surface area contributed by atoms with Crippen molar-refractivity contribution in [1.29, 1.82) is 0 Å². The van der Waals surface area contributed by atoms with Gasteiger partial charge in [-0.1, -0.05) is 0 Å². The monoisotopic (exact) mass is 156 g/mol. The second kappa shape index (κ2) is 1.81. The largest absolute Gasteiger partial charge is 0.403 e. The summed E-state index contributed by atoms with van der Waals surface area (Å²) in [5, 5.41) is 0. The molecule has 1 rings (SSSR count). The van der Waals surface area contributed by atoms with Gasteiger partial charge in [-0.05, 0) is 19.1 Å². The Labute approximate surface area is 55.8 Å². The molecule has 1 aliphatic rings. The molecule has 0 bridgehead atoms. The fourth-order valence-corrected chi connectivity index (χ4v) is 1.46. The van der Waals surface area contributed by atoms with E-state index in [2.05, 4.69) is 0 Å². The van der Waals surface area contributed by atoms with Crippen LogP contribution in [0.1, 0.15) is 12.8 Å². The normalized spacial score (nSPS) is 24.0. The standard InChI is InChI=1S/C5H7F3S/c1-9-4(2-3-4)5(6,7)8/h2-3H2,1H3. The van der Waals surface area contributed by atoms with Crippen molar-refractivity contribution in [3.8, 4) is 0 Å². The fraction of sp³-hybridized carbons (Fsp3) is 1.00. The lowest BCUT2D eigenvalue weighted by Gasteiger charge is -2.15. The van der Waals surface area contributed by atoms with Crippen molar-refractivity contribution < 1.29 is 13.2 Å². The minimum absolute atomic E-state index is 0.303. The van der Waals surface area contributed by atoms with Crippen LogP contribution in [-0.2, 0) is 0 Å². The molecule has 0 heterocycles. The summed E-state index contributed by atoms with van der Waals surface area (Å²) in [6.07, 6.45) is -1.86. The Hall–Kier alpha value is 0.140. The molecule has 0 aromatic rings. The van der Waals surface area contributed by atoms with Gasteiger partial charge in [0.15, 0.2) is 0 Å². The summed E-state index contributed by atoms with van der Waals surface area (Å²) in [7, 11) is 0. The van der Waals surface area contributed by atoms with Crippen molar-refractivity contribution in [1.82, 2.24) is 0 Å². The van der Waals surface area contributed by atoms with Crippen LogP contribution in [-0.4, -0.2) is 17.2 Å². The van der Waals surface area contributed by atoms with E-state index in [1.807, 2.05) is 0 Å². The Morgan fingerprint density at radius 2 is 1.78 bits per heavy atom. The lowest BCUT2D eigenvalue weighted by molar-refractivity contribution is -0.135. The van der Waals surface area contributed by atoms with E-state index >= 15 is 0 Å². The zero-order chi connectivity index (χ0) is 7.12. The molecule has 0 atom stereocenters. The molecule has 0 N–H and O–H groups in total. The first-order chi connectivity index (χ1) is 4.02. The van der Waals surface area contributed by atoms with Gasteiger partial charge in [0.2, 0.25) is 0 Å². The molecule has 0 aromatic carbocycles. The van der Waals surface area contributed by atoms with Gasteiger partial charge in [-0.2, -0.15) is 13.2 Å². The molecule has 54 valence electrons. The predicted octanol–water partition coefficient (Wildman–Crippen LogP) is 2.44. The second-order valence-corrected chi connectivity index (χ2v) is 3.39. The van der Waals surface area contributed by atoms with Gasteiger partial charge in [0.25, 0.3) is 0 Å². The molecule has 0 aromatic heterocycles. The number of halogens is 3. The number of rotatable bonds is 1. The third-order valence-corrected chi connectivity index (χ3v) is 3.03. The van der Waals surface area contributed by atoms with E-state index in [1.165, 1.54) is 6.26 Å². The van der Waals surface area contributed by atoms with Crippen LogP contribution < -0.4 is 0 Å². The van der Waals surface area contributed by atoms with Crippen LogP contribution in [0.25, 0.3) is 0 Å². The van der Waals surface area contributed by atoms with Crippen LogP contribution in [0.2, 0.25) is 0 Å². The molecule has 0 amide bonds. The summed E-state index contributed by atoms with van der Waals surface area (Å²) in [5.41, 5.74) is 0. The van der Waals surface area contributed by atoms with Crippen molar-refractivity contribution in [2.75, 3.05) is 6.26 Å².